The van der Waals surface area contributed by atoms with Crippen molar-refractivity contribution in [3.8, 4) is 5.75 Å². The molecule has 0 bridgehead atoms. The van der Waals surface area contributed by atoms with E-state index in [1.807, 2.05) is 13.0 Å². The van der Waals surface area contributed by atoms with Gasteiger partial charge >= 0.3 is 0 Å². The number of benzene rings is 2. The van der Waals surface area contributed by atoms with Crippen LogP contribution in [0.15, 0.2) is 42.5 Å². The summed E-state index contributed by atoms with van der Waals surface area (Å²) < 4.78 is 5.19. The topological polar surface area (TPSA) is 67.4 Å². The van der Waals surface area contributed by atoms with Crippen LogP contribution in [0.2, 0.25) is 5.02 Å². The largest absolute Gasteiger partial charge is 0.495 e. The highest BCUT2D eigenvalue weighted by molar-refractivity contribution is 6.30. The summed E-state index contributed by atoms with van der Waals surface area (Å²) in [6.45, 7) is 1.77. The molecule has 0 aliphatic rings. The van der Waals surface area contributed by atoms with Crippen molar-refractivity contribution in [2.45, 2.75) is 6.92 Å². The monoisotopic (exact) mass is 332 g/mol. The number of methoxy groups -OCH3 is 1. The number of carbonyl (C=O) groups is 2. The van der Waals surface area contributed by atoms with Crippen molar-refractivity contribution < 1.29 is 14.3 Å². The summed E-state index contributed by atoms with van der Waals surface area (Å²) in [7, 11) is 1.53. The summed E-state index contributed by atoms with van der Waals surface area (Å²) in [5.74, 6) is -0.114. The van der Waals surface area contributed by atoms with Crippen molar-refractivity contribution in [1.82, 2.24) is 5.32 Å². The Kier molecular flexibility index (Phi) is 5.60. The molecule has 23 heavy (non-hydrogen) atoms. The number of rotatable bonds is 5. The number of aryl methyl sites for hydroxylation is 1. The van der Waals surface area contributed by atoms with E-state index in [-0.39, 0.29) is 18.4 Å². The van der Waals surface area contributed by atoms with Gasteiger partial charge in [-0.15, -0.1) is 0 Å². The quantitative estimate of drug-likeness (QED) is 0.884. The van der Waals surface area contributed by atoms with E-state index in [0.717, 1.165) is 5.56 Å². The predicted octanol–water partition coefficient (Wildman–Crippen LogP) is 3.03. The standard InChI is InChI=1S/C17H17ClN2O3/c1-11-3-8-15(23-2)14(9-11)20-16(21)10-19-17(22)12-4-6-13(18)7-5-12/h3-9H,10H2,1-2H3,(H,19,22)(H,20,21). The lowest BCUT2D eigenvalue weighted by molar-refractivity contribution is -0.115. The van der Waals surface area contributed by atoms with E-state index in [0.29, 0.717) is 22.0 Å². The fraction of sp³-hybridized carbons (Fsp3) is 0.176. The van der Waals surface area contributed by atoms with Gasteiger partial charge in [0.25, 0.3) is 5.91 Å². The average molecular weight is 333 g/mol. The molecule has 0 spiro atoms. The molecule has 0 aromatic heterocycles. The maximum Gasteiger partial charge on any atom is 0.251 e. The van der Waals surface area contributed by atoms with Crippen LogP contribution in [0.1, 0.15) is 15.9 Å². The molecule has 0 aliphatic carbocycles. The van der Waals surface area contributed by atoms with Crippen LogP contribution in [0.25, 0.3) is 0 Å². The van der Waals surface area contributed by atoms with Gasteiger partial charge < -0.3 is 15.4 Å². The summed E-state index contributed by atoms with van der Waals surface area (Å²) in [5, 5.41) is 5.82. The highest BCUT2D eigenvalue weighted by Crippen LogP contribution is 2.24. The van der Waals surface area contributed by atoms with Crippen molar-refractivity contribution in [3.63, 3.8) is 0 Å². The zero-order chi connectivity index (χ0) is 16.8. The zero-order valence-electron chi connectivity index (χ0n) is 12.9. The first-order chi connectivity index (χ1) is 11.0. The van der Waals surface area contributed by atoms with Gasteiger partial charge in [0, 0.05) is 10.6 Å². The number of hydrogen-bond acceptors (Lipinski definition) is 3. The Morgan fingerprint density at radius 1 is 1.13 bits per heavy atom. The van der Waals surface area contributed by atoms with Crippen molar-refractivity contribution in [2.24, 2.45) is 0 Å². The van der Waals surface area contributed by atoms with Crippen molar-refractivity contribution in [1.29, 1.82) is 0 Å². The molecule has 0 aliphatic heterocycles. The van der Waals surface area contributed by atoms with Gasteiger partial charge in [-0.1, -0.05) is 17.7 Å². The first-order valence-electron chi connectivity index (χ1n) is 6.98. The number of amides is 2. The third kappa shape index (κ3) is 4.72. The first kappa shape index (κ1) is 16.8. The molecule has 6 heteroatoms. The van der Waals surface area contributed by atoms with E-state index in [9.17, 15) is 9.59 Å². The molecule has 2 N–H and O–H groups in total. The van der Waals surface area contributed by atoms with Crippen LogP contribution in [-0.2, 0) is 4.79 Å². The minimum atomic E-state index is -0.340. The minimum Gasteiger partial charge on any atom is -0.495 e. The van der Waals surface area contributed by atoms with Crippen LogP contribution in [0.3, 0.4) is 0 Å². The van der Waals surface area contributed by atoms with Gasteiger partial charge in [-0.25, -0.2) is 0 Å². The third-order valence-corrected chi connectivity index (χ3v) is 3.40. The number of nitrogens with one attached hydrogen (secondary N) is 2. The molecule has 0 heterocycles. The fourth-order valence-corrected chi connectivity index (χ4v) is 2.10. The molecule has 5 nitrogen and oxygen atoms in total. The lowest BCUT2D eigenvalue weighted by Crippen LogP contribution is -2.32. The second-order valence-electron chi connectivity index (χ2n) is 4.94. The lowest BCUT2D eigenvalue weighted by Gasteiger charge is -2.11. The van der Waals surface area contributed by atoms with E-state index in [4.69, 9.17) is 16.3 Å². The molecule has 120 valence electrons. The summed E-state index contributed by atoms with van der Waals surface area (Å²) in [6, 6.07) is 11.9. The molecule has 2 aromatic rings. The first-order valence-corrected chi connectivity index (χ1v) is 7.35. The molecule has 2 rings (SSSR count). The van der Waals surface area contributed by atoms with Gasteiger partial charge in [0.15, 0.2) is 0 Å². The van der Waals surface area contributed by atoms with E-state index in [2.05, 4.69) is 10.6 Å². The van der Waals surface area contributed by atoms with Crippen LogP contribution in [-0.4, -0.2) is 25.5 Å². The maximum atomic E-state index is 12.0. The molecule has 0 radical (unpaired) electrons. The van der Waals surface area contributed by atoms with Gasteiger partial charge in [-0.3, -0.25) is 9.59 Å². The SMILES string of the molecule is COc1ccc(C)cc1NC(=O)CNC(=O)c1ccc(Cl)cc1. The number of hydrogen-bond donors (Lipinski definition) is 2. The van der Waals surface area contributed by atoms with Crippen LogP contribution < -0.4 is 15.4 Å². The Labute approximate surface area is 139 Å². The van der Waals surface area contributed by atoms with Crippen molar-refractivity contribution in [3.05, 3.63) is 58.6 Å². The van der Waals surface area contributed by atoms with Crippen LogP contribution in [0, 0.1) is 6.92 Å². The van der Waals surface area contributed by atoms with E-state index < -0.39 is 0 Å². The third-order valence-electron chi connectivity index (χ3n) is 3.14. The average Bonchev–Trinajstić information content (AvgIpc) is 2.53. The predicted molar refractivity (Wildman–Crippen MR) is 90.1 cm³/mol. The zero-order valence-corrected chi connectivity index (χ0v) is 13.6. The van der Waals surface area contributed by atoms with Crippen LogP contribution >= 0.6 is 11.6 Å². The highest BCUT2D eigenvalue weighted by Gasteiger charge is 2.10. The van der Waals surface area contributed by atoms with Gasteiger partial charge in [0.2, 0.25) is 5.91 Å². The van der Waals surface area contributed by atoms with Crippen molar-refractivity contribution >= 4 is 29.1 Å². The Morgan fingerprint density at radius 2 is 1.83 bits per heavy atom. The Bertz CT molecular complexity index is 714. The number of carbonyl (C=O) groups excluding carboxylic acids is 2. The summed E-state index contributed by atoms with van der Waals surface area (Å²) >= 11 is 5.77. The number of halogens is 1. The molecule has 0 saturated heterocycles. The number of ether oxygens (including phenoxy) is 1. The Morgan fingerprint density at radius 3 is 2.48 bits per heavy atom. The summed E-state index contributed by atoms with van der Waals surface area (Å²) in [4.78, 5) is 23.9. The molecule has 2 aromatic carbocycles. The number of anilines is 1. The second-order valence-corrected chi connectivity index (χ2v) is 5.38. The maximum absolute atomic E-state index is 12.0. The minimum absolute atomic E-state index is 0.140. The summed E-state index contributed by atoms with van der Waals surface area (Å²) in [5.41, 5.74) is 2.00. The lowest BCUT2D eigenvalue weighted by atomic mass is 10.2. The second kappa shape index (κ2) is 7.65. The highest BCUT2D eigenvalue weighted by atomic mass is 35.5. The molecule has 0 atom stereocenters. The molecular formula is C17H17ClN2O3. The van der Waals surface area contributed by atoms with Crippen LogP contribution in [0.5, 0.6) is 5.75 Å². The molecule has 2 amide bonds. The molecule has 0 fully saturated rings. The smallest absolute Gasteiger partial charge is 0.251 e. The van der Waals surface area contributed by atoms with Gasteiger partial charge in [-0.2, -0.15) is 0 Å². The summed E-state index contributed by atoms with van der Waals surface area (Å²) in [6.07, 6.45) is 0. The van der Waals surface area contributed by atoms with Gasteiger partial charge in [0.1, 0.15) is 5.75 Å². The van der Waals surface area contributed by atoms with E-state index in [1.54, 1.807) is 36.4 Å². The van der Waals surface area contributed by atoms with E-state index >= 15 is 0 Å². The fourth-order valence-electron chi connectivity index (χ4n) is 1.98. The van der Waals surface area contributed by atoms with Gasteiger partial charge in [-0.05, 0) is 48.9 Å². The molecular weight excluding hydrogens is 316 g/mol. The Hall–Kier alpha value is -2.53. The molecule has 0 unspecified atom stereocenters. The van der Waals surface area contributed by atoms with E-state index in [1.165, 1.54) is 7.11 Å². The molecule has 0 saturated carbocycles. The van der Waals surface area contributed by atoms with Gasteiger partial charge in [0.05, 0.1) is 19.3 Å². The normalized spacial score (nSPS) is 10.0. The Balaban J connectivity index is 1.94. The van der Waals surface area contributed by atoms with Crippen molar-refractivity contribution in [2.75, 3.05) is 19.0 Å². The van der Waals surface area contributed by atoms with Crippen LogP contribution in [0.4, 0.5) is 5.69 Å².